The monoisotopic (exact) mass is 401 g/mol. The summed E-state index contributed by atoms with van der Waals surface area (Å²) in [6.45, 7) is 0.619. The van der Waals surface area contributed by atoms with Crippen LogP contribution in [0.4, 0.5) is 5.95 Å². The second-order valence-electron chi connectivity index (χ2n) is 7.55. The highest BCUT2D eigenvalue weighted by Crippen LogP contribution is 2.34. The third kappa shape index (κ3) is 2.88. The Kier molecular flexibility index (Phi) is 3.77. The lowest BCUT2D eigenvalue weighted by Crippen LogP contribution is -2.23. The van der Waals surface area contributed by atoms with Gasteiger partial charge < -0.3 is 14.8 Å². The summed E-state index contributed by atoms with van der Waals surface area (Å²) >= 11 is 0. The maximum Gasteiger partial charge on any atom is 0.335 e. The van der Waals surface area contributed by atoms with Gasteiger partial charge in [-0.05, 0) is 30.5 Å². The first-order valence-corrected chi connectivity index (χ1v) is 9.95. The molecular weight excluding hydrogens is 382 g/mol. The first-order chi connectivity index (χ1) is 14.8. The first-order valence-electron chi connectivity index (χ1n) is 9.95. The van der Waals surface area contributed by atoms with Gasteiger partial charge in [0.2, 0.25) is 12.7 Å². The number of hydrogen-bond acceptors (Lipinski definition) is 6. The number of rotatable bonds is 5. The maximum atomic E-state index is 13.5. The standard InChI is InChI=1S/C22H19N5O3/c28-22-26(12-14-4-2-1-3-5-14)17-11-23-21(24-15-6-7-15)25-20(17)27(22)16-8-9-18-19(10-16)30-13-29-18/h1-5,8-11,15H,6-7,12-13H2,(H,23,24,25). The summed E-state index contributed by atoms with van der Waals surface area (Å²) in [5.74, 6) is 1.83. The predicted octanol–water partition coefficient (Wildman–Crippen LogP) is 2.93. The fourth-order valence-corrected chi connectivity index (χ4v) is 3.69. The van der Waals surface area contributed by atoms with Crippen LogP contribution >= 0.6 is 0 Å². The number of nitrogens with one attached hydrogen (secondary N) is 1. The summed E-state index contributed by atoms with van der Waals surface area (Å²) in [5.41, 5.74) is 2.78. The highest BCUT2D eigenvalue weighted by Gasteiger charge is 2.24. The largest absolute Gasteiger partial charge is 0.454 e. The number of nitrogens with zero attached hydrogens (tertiary/aromatic N) is 4. The van der Waals surface area contributed by atoms with Crippen molar-refractivity contribution in [3.05, 3.63) is 70.8 Å². The number of aromatic nitrogens is 4. The van der Waals surface area contributed by atoms with E-state index >= 15 is 0 Å². The Morgan fingerprint density at radius 3 is 2.73 bits per heavy atom. The van der Waals surface area contributed by atoms with Gasteiger partial charge in [-0.15, -0.1) is 0 Å². The SMILES string of the molecule is O=c1n(Cc2ccccc2)c2cnc(NC3CC3)nc2n1-c1ccc2c(c1)OCO2. The molecule has 4 aromatic rings. The Balaban J connectivity index is 1.54. The van der Waals surface area contributed by atoms with Crippen molar-refractivity contribution in [2.45, 2.75) is 25.4 Å². The lowest BCUT2D eigenvalue weighted by Gasteiger charge is -2.06. The molecule has 0 bridgehead atoms. The molecule has 8 heteroatoms. The molecule has 2 aliphatic rings. The third-order valence-corrected chi connectivity index (χ3v) is 5.38. The molecule has 2 aromatic carbocycles. The third-order valence-electron chi connectivity index (χ3n) is 5.38. The van der Waals surface area contributed by atoms with Gasteiger partial charge in [0, 0.05) is 12.1 Å². The summed E-state index contributed by atoms with van der Waals surface area (Å²) in [6, 6.07) is 15.8. The van der Waals surface area contributed by atoms with Crippen LogP contribution in [0.5, 0.6) is 11.5 Å². The zero-order valence-corrected chi connectivity index (χ0v) is 16.1. The van der Waals surface area contributed by atoms with E-state index in [1.165, 1.54) is 0 Å². The van der Waals surface area contributed by atoms with Gasteiger partial charge in [-0.3, -0.25) is 4.57 Å². The van der Waals surface area contributed by atoms with Crippen molar-refractivity contribution >= 4 is 17.1 Å². The zero-order chi connectivity index (χ0) is 20.1. The average molecular weight is 401 g/mol. The quantitative estimate of drug-likeness (QED) is 0.554. The highest BCUT2D eigenvalue weighted by molar-refractivity contribution is 5.75. The number of anilines is 1. The van der Waals surface area contributed by atoms with Crippen LogP contribution in [0.1, 0.15) is 18.4 Å². The Labute approximate surface area is 171 Å². The lowest BCUT2D eigenvalue weighted by atomic mass is 10.2. The van der Waals surface area contributed by atoms with Gasteiger partial charge in [-0.1, -0.05) is 30.3 Å². The number of ether oxygens (including phenoxy) is 2. The fourth-order valence-electron chi connectivity index (χ4n) is 3.69. The molecule has 0 atom stereocenters. The van der Waals surface area contributed by atoms with Crippen LogP contribution in [0.15, 0.2) is 59.5 Å². The summed E-state index contributed by atoms with van der Waals surface area (Å²) in [6.07, 6.45) is 3.96. The van der Waals surface area contributed by atoms with Gasteiger partial charge in [0.1, 0.15) is 5.52 Å². The molecule has 0 unspecified atom stereocenters. The van der Waals surface area contributed by atoms with Crippen LogP contribution in [-0.4, -0.2) is 31.9 Å². The van der Waals surface area contributed by atoms with E-state index in [9.17, 15) is 4.79 Å². The van der Waals surface area contributed by atoms with Crippen LogP contribution in [0, 0.1) is 0 Å². The van der Waals surface area contributed by atoms with Crippen LogP contribution < -0.4 is 20.5 Å². The predicted molar refractivity (Wildman–Crippen MR) is 111 cm³/mol. The maximum absolute atomic E-state index is 13.5. The molecule has 8 nitrogen and oxygen atoms in total. The number of imidazole rings is 1. The van der Waals surface area contributed by atoms with Crippen molar-refractivity contribution in [3.63, 3.8) is 0 Å². The molecular formula is C22H19N5O3. The second-order valence-corrected chi connectivity index (χ2v) is 7.55. The minimum absolute atomic E-state index is 0.175. The first kappa shape index (κ1) is 17.1. The van der Waals surface area contributed by atoms with E-state index in [0.29, 0.717) is 46.9 Å². The number of fused-ring (bicyclic) bond motifs is 2. The molecule has 1 aliphatic heterocycles. The fraction of sp³-hybridized carbons (Fsp3) is 0.227. The van der Waals surface area contributed by atoms with Crippen LogP contribution in [0.25, 0.3) is 16.9 Å². The van der Waals surface area contributed by atoms with Crippen LogP contribution in [0.2, 0.25) is 0 Å². The van der Waals surface area contributed by atoms with Crippen molar-refractivity contribution < 1.29 is 9.47 Å². The molecule has 0 saturated heterocycles. The smallest absolute Gasteiger partial charge is 0.335 e. The number of hydrogen-bond donors (Lipinski definition) is 1. The Hall–Kier alpha value is -3.81. The van der Waals surface area contributed by atoms with Crippen molar-refractivity contribution in [1.82, 2.24) is 19.1 Å². The van der Waals surface area contributed by atoms with Crippen LogP contribution in [-0.2, 0) is 6.54 Å². The Bertz CT molecular complexity index is 1310. The van der Waals surface area contributed by atoms with E-state index in [-0.39, 0.29) is 12.5 Å². The molecule has 0 spiro atoms. The molecule has 30 heavy (non-hydrogen) atoms. The van der Waals surface area contributed by atoms with Crippen LogP contribution in [0.3, 0.4) is 0 Å². The molecule has 3 heterocycles. The van der Waals surface area contributed by atoms with Gasteiger partial charge in [-0.25, -0.2) is 14.3 Å². The molecule has 150 valence electrons. The van der Waals surface area contributed by atoms with Crippen molar-refractivity contribution in [2.24, 2.45) is 0 Å². The summed E-state index contributed by atoms with van der Waals surface area (Å²) in [4.78, 5) is 22.7. The van der Waals surface area contributed by atoms with E-state index in [2.05, 4.69) is 10.3 Å². The van der Waals surface area contributed by atoms with Gasteiger partial charge in [0.15, 0.2) is 17.1 Å². The highest BCUT2D eigenvalue weighted by atomic mass is 16.7. The molecule has 1 N–H and O–H groups in total. The van der Waals surface area contributed by atoms with E-state index in [0.717, 1.165) is 18.4 Å². The molecule has 6 rings (SSSR count). The van der Waals surface area contributed by atoms with Gasteiger partial charge >= 0.3 is 5.69 Å². The molecule has 0 radical (unpaired) electrons. The molecule has 1 fully saturated rings. The van der Waals surface area contributed by atoms with Crippen molar-refractivity contribution in [3.8, 4) is 17.2 Å². The summed E-state index contributed by atoms with van der Waals surface area (Å²) < 4.78 is 14.2. The van der Waals surface area contributed by atoms with E-state index in [1.54, 1.807) is 15.3 Å². The Morgan fingerprint density at radius 1 is 1.07 bits per heavy atom. The van der Waals surface area contributed by atoms with Crippen molar-refractivity contribution in [2.75, 3.05) is 12.1 Å². The minimum Gasteiger partial charge on any atom is -0.454 e. The topological polar surface area (TPSA) is 83.2 Å². The Morgan fingerprint density at radius 2 is 1.90 bits per heavy atom. The van der Waals surface area contributed by atoms with E-state index in [4.69, 9.17) is 14.5 Å². The van der Waals surface area contributed by atoms with Gasteiger partial charge in [0.25, 0.3) is 0 Å². The molecule has 1 aliphatic carbocycles. The number of benzene rings is 2. The van der Waals surface area contributed by atoms with E-state index < -0.39 is 0 Å². The summed E-state index contributed by atoms with van der Waals surface area (Å²) in [7, 11) is 0. The molecule has 0 amide bonds. The molecule has 2 aromatic heterocycles. The lowest BCUT2D eigenvalue weighted by molar-refractivity contribution is 0.174. The van der Waals surface area contributed by atoms with Gasteiger partial charge in [0.05, 0.1) is 18.4 Å². The minimum atomic E-state index is -0.175. The van der Waals surface area contributed by atoms with E-state index in [1.807, 2.05) is 48.5 Å². The average Bonchev–Trinajstić information content (AvgIpc) is 3.38. The van der Waals surface area contributed by atoms with Crippen molar-refractivity contribution in [1.29, 1.82) is 0 Å². The summed E-state index contributed by atoms with van der Waals surface area (Å²) in [5, 5.41) is 3.32. The second kappa shape index (κ2) is 6.62. The zero-order valence-electron chi connectivity index (χ0n) is 16.1. The van der Waals surface area contributed by atoms with Gasteiger partial charge in [-0.2, -0.15) is 4.98 Å². The normalized spacial score (nSPS) is 14.9. The molecule has 1 saturated carbocycles.